The molecule has 4 heteroatoms. The molecular formula is C17H23NO3. The zero-order valence-electron chi connectivity index (χ0n) is 12.6. The number of phenols is 1. The molecule has 1 aromatic rings. The number of benzene rings is 1. The third-order valence-electron chi connectivity index (χ3n) is 6.17. The van der Waals surface area contributed by atoms with Gasteiger partial charge >= 0.3 is 0 Å². The van der Waals surface area contributed by atoms with E-state index in [9.17, 15) is 15.0 Å². The molecule has 3 rings (SSSR count). The highest BCUT2D eigenvalue weighted by atomic mass is 16.3. The number of amides is 1. The fraction of sp³-hybridized carbons (Fsp3) is 0.588. The van der Waals surface area contributed by atoms with Crippen molar-refractivity contribution in [1.29, 1.82) is 0 Å². The molecule has 0 heterocycles. The van der Waals surface area contributed by atoms with E-state index >= 15 is 0 Å². The van der Waals surface area contributed by atoms with E-state index in [0.29, 0.717) is 19.3 Å². The molecule has 0 aromatic heterocycles. The van der Waals surface area contributed by atoms with E-state index in [-0.39, 0.29) is 5.75 Å². The van der Waals surface area contributed by atoms with Crippen LogP contribution in [0, 0.1) is 5.41 Å². The number of aliphatic hydroxyl groups is 1. The summed E-state index contributed by atoms with van der Waals surface area (Å²) < 4.78 is 0. The average molecular weight is 289 g/mol. The monoisotopic (exact) mass is 289 g/mol. The van der Waals surface area contributed by atoms with Crippen LogP contribution in [0.15, 0.2) is 18.2 Å². The molecule has 21 heavy (non-hydrogen) atoms. The van der Waals surface area contributed by atoms with Gasteiger partial charge in [0.05, 0.1) is 11.0 Å². The standard InChI is InChI=1S/C17H23NO3/c1-15-7-3-8-16(2,14(18)20)17(15,21)9-6-11-4-5-12(19)10-13(11)15/h4-5,10,19,21H,3,6-9H2,1-2H3,(H2,18,20)/t15-,16-,17+/m1/s1. The number of phenolic OH excluding ortho intramolecular Hbond substituents is 1. The Morgan fingerprint density at radius 2 is 1.95 bits per heavy atom. The number of aromatic hydroxyl groups is 1. The zero-order chi connectivity index (χ0) is 15.5. The van der Waals surface area contributed by atoms with E-state index in [4.69, 9.17) is 5.73 Å². The number of fused-ring (bicyclic) bond motifs is 3. The Hall–Kier alpha value is -1.55. The van der Waals surface area contributed by atoms with Gasteiger partial charge in [0.25, 0.3) is 0 Å². The quantitative estimate of drug-likeness (QED) is 0.739. The summed E-state index contributed by atoms with van der Waals surface area (Å²) in [5.41, 5.74) is 5.12. The summed E-state index contributed by atoms with van der Waals surface area (Å²) in [6, 6.07) is 5.35. The van der Waals surface area contributed by atoms with Gasteiger partial charge in [0.15, 0.2) is 0 Å². The van der Waals surface area contributed by atoms with Gasteiger partial charge in [0.1, 0.15) is 5.75 Å². The maximum Gasteiger partial charge on any atom is 0.226 e. The molecule has 3 atom stereocenters. The van der Waals surface area contributed by atoms with Crippen LogP contribution in [-0.2, 0) is 16.6 Å². The molecule has 4 N–H and O–H groups in total. The Kier molecular flexibility index (Phi) is 2.90. The average Bonchev–Trinajstić information content (AvgIpc) is 2.42. The number of carbonyl (C=O) groups is 1. The van der Waals surface area contributed by atoms with Crippen molar-refractivity contribution in [2.75, 3.05) is 0 Å². The van der Waals surface area contributed by atoms with Crippen LogP contribution in [0.2, 0.25) is 0 Å². The lowest BCUT2D eigenvalue weighted by atomic mass is 9.46. The number of aryl methyl sites for hydroxylation is 1. The maximum absolute atomic E-state index is 12.1. The number of hydrogen-bond acceptors (Lipinski definition) is 3. The molecule has 4 nitrogen and oxygen atoms in total. The third kappa shape index (κ3) is 1.62. The van der Waals surface area contributed by atoms with E-state index in [2.05, 4.69) is 0 Å². The Bertz CT molecular complexity index is 614. The second-order valence-electron chi connectivity index (χ2n) is 7.08. The number of nitrogens with two attached hydrogens (primary N) is 1. The second-order valence-corrected chi connectivity index (χ2v) is 7.08. The van der Waals surface area contributed by atoms with Gasteiger partial charge in [-0.3, -0.25) is 4.79 Å². The Labute approximate surface area is 125 Å². The van der Waals surface area contributed by atoms with Crippen LogP contribution in [0.1, 0.15) is 50.7 Å². The van der Waals surface area contributed by atoms with Gasteiger partial charge in [0, 0.05) is 5.41 Å². The number of carbonyl (C=O) groups excluding carboxylic acids is 1. The number of rotatable bonds is 1. The molecule has 1 amide bonds. The van der Waals surface area contributed by atoms with E-state index in [1.165, 1.54) is 0 Å². The lowest BCUT2D eigenvalue weighted by Crippen LogP contribution is -2.67. The van der Waals surface area contributed by atoms with Crippen LogP contribution >= 0.6 is 0 Å². The van der Waals surface area contributed by atoms with Crippen LogP contribution in [-0.4, -0.2) is 21.7 Å². The van der Waals surface area contributed by atoms with Crippen molar-refractivity contribution in [3.05, 3.63) is 29.3 Å². The predicted octanol–water partition coefficient (Wildman–Crippen LogP) is 2.00. The number of hydrogen-bond donors (Lipinski definition) is 3. The van der Waals surface area contributed by atoms with Crippen molar-refractivity contribution in [1.82, 2.24) is 0 Å². The van der Waals surface area contributed by atoms with Gasteiger partial charge in [-0.05, 0) is 55.9 Å². The first-order chi connectivity index (χ1) is 9.74. The predicted molar refractivity (Wildman–Crippen MR) is 79.9 cm³/mol. The van der Waals surface area contributed by atoms with Gasteiger partial charge in [0.2, 0.25) is 5.91 Å². The molecule has 114 valence electrons. The van der Waals surface area contributed by atoms with Gasteiger partial charge in [-0.2, -0.15) is 0 Å². The molecule has 0 spiro atoms. The van der Waals surface area contributed by atoms with Crippen molar-refractivity contribution in [2.24, 2.45) is 11.1 Å². The highest BCUT2D eigenvalue weighted by Crippen LogP contribution is 2.59. The first-order valence-corrected chi connectivity index (χ1v) is 7.59. The molecule has 2 aliphatic carbocycles. The fourth-order valence-electron chi connectivity index (χ4n) is 4.67. The molecule has 1 fully saturated rings. The molecule has 0 bridgehead atoms. The minimum atomic E-state index is -1.16. The molecule has 1 aromatic carbocycles. The van der Waals surface area contributed by atoms with Gasteiger partial charge in [-0.15, -0.1) is 0 Å². The minimum absolute atomic E-state index is 0.200. The SMILES string of the molecule is C[C@]1(C(N)=O)CCC[C@]2(C)c3cc(O)ccc3CC[C@@]12O. The molecule has 0 saturated heterocycles. The molecular weight excluding hydrogens is 266 g/mol. The largest absolute Gasteiger partial charge is 0.508 e. The van der Waals surface area contributed by atoms with Crippen molar-refractivity contribution < 1.29 is 15.0 Å². The van der Waals surface area contributed by atoms with Crippen LogP contribution in [0.3, 0.4) is 0 Å². The summed E-state index contributed by atoms with van der Waals surface area (Å²) in [5, 5.41) is 21.3. The van der Waals surface area contributed by atoms with Crippen molar-refractivity contribution in [2.45, 2.75) is 57.0 Å². The molecule has 0 unspecified atom stereocenters. The van der Waals surface area contributed by atoms with Gasteiger partial charge < -0.3 is 15.9 Å². The fourth-order valence-corrected chi connectivity index (χ4v) is 4.67. The Morgan fingerprint density at radius 1 is 1.24 bits per heavy atom. The third-order valence-corrected chi connectivity index (χ3v) is 6.17. The van der Waals surface area contributed by atoms with Crippen molar-refractivity contribution >= 4 is 5.91 Å². The van der Waals surface area contributed by atoms with Gasteiger partial charge in [-0.1, -0.05) is 19.4 Å². The highest BCUT2D eigenvalue weighted by molar-refractivity contribution is 5.83. The summed E-state index contributed by atoms with van der Waals surface area (Å²) in [6.45, 7) is 3.80. The summed E-state index contributed by atoms with van der Waals surface area (Å²) in [6.07, 6.45) is 3.48. The molecule has 1 saturated carbocycles. The normalized spacial score (nSPS) is 38.4. The van der Waals surface area contributed by atoms with Crippen LogP contribution < -0.4 is 5.73 Å². The first kappa shape index (κ1) is 14.4. The molecule has 0 aliphatic heterocycles. The van der Waals surface area contributed by atoms with E-state index in [0.717, 1.165) is 24.0 Å². The smallest absolute Gasteiger partial charge is 0.226 e. The summed E-state index contributed by atoms with van der Waals surface area (Å²) in [7, 11) is 0. The lowest BCUT2D eigenvalue weighted by molar-refractivity contribution is -0.179. The van der Waals surface area contributed by atoms with Crippen LogP contribution in [0.5, 0.6) is 5.75 Å². The lowest BCUT2D eigenvalue weighted by Gasteiger charge is -2.60. The van der Waals surface area contributed by atoms with Crippen molar-refractivity contribution in [3.8, 4) is 5.75 Å². The maximum atomic E-state index is 12.1. The second kappa shape index (κ2) is 4.23. The van der Waals surface area contributed by atoms with E-state index in [1.807, 2.05) is 13.0 Å². The summed E-state index contributed by atoms with van der Waals surface area (Å²) in [4.78, 5) is 12.1. The van der Waals surface area contributed by atoms with Crippen molar-refractivity contribution in [3.63, 3.8) is 0 Å². The minimum Gasteiger partial charge on any atom is -0.508 e. The highest BCUT2D eigenvalue weighted by Gasteiger charge is 2.64. The number of primary amides is 1. The zero-order valence-corrected chi connectivity index (χ0v) is 12.6. The summed E-state index contributed by atoms with van der Waals surface area (Å²) in [5.74, 6) is -0.231. The van der Waals surface area contributed by atoms with E-state index < -0.39 is 22.3 Å². The Morgan fingerprint density at radius 3 is 2.62 bits per heavy atom. The summed E-state index contributed by atoms with van der Waals surface area (Å²) >= 11 is 0. The Balaban J connectivity index is 2.23. The first-order valence-electron chi connectivity index (χ1n) is 7.59. The van der Waals surface area contributed by atoms with Crippen LogP contribution in [0.25, 0.3) is 0 Å². The van der Waals surface area contributed by atoms with Crippen LogP contribution in [0.4, 0.5) is 0 Å². The molecule has 0 radical (unpaired) electrons. The van der Waals surface area contributed by atoms with Gasteiger partial charge in [-0.25, -0.2) is 0 Å². The molecule has 2 aliphatic rings. The topological polar surface area (TPSA) is 83.6 Å². The van der Waals surface area contributed by atoms with E-state index in [1.54, 1.807) is 19.1 Å².